The Labute approximate surface area is 120 Å². The number of hydrogen-bond acceptors (Lipinski definition) is 3. The summed E-state index contributed by atoms with van der Waals surface area (Å²) in [7, 11) is 0. The molecule has 1 aromatic rings. The zero-order valence-electron chi connectivity index (χ0n) is 11.7. The number of rotatable bonds is 5. The molecule has 0 saturated carbocycles. The fourth-order valence-corrected chi connectivity index (χ4v) is 2.81. The summed E-state index contributed by atoms with van der Waals surface area (Å²) in [4.78, 5) is 2.87. The van der Waals surface area contributed by atoms with Crippen LogP contribution in [0.4, 0.5) is 0 Å². The quantitative estimate of drug-likeness (QED) is 0.840. The summed E-state index contributed by atoms with van der Waals surface area (Å²) in [5, 5.41) is 0. The van der Waals surface area contributed by atoms with Crippen molar-refractivity contribution >= 4 is 17.2 Å². The van der Waals surface area contributed by atoms with E-state index in [0.29, 0.717) is 17.1 Å². The van der Waals surface area contributed by atoms with Crippen LogP contribution in [0.15, 0.2) is 24.3 Å². The van der Waals surface area contributed by atoms with Crippen LogP contribution < -0.4 is 10.5 Å². The van der Waals surface area contributed by atoms with Crippen LogP contribution in [0.2, 0.25) is 0 Å². The predicted octanol–water partition coefficient (Wildman–Crippen LogP) is 2.57. The van der Waals surface area contributed by atoms with Gasteiger partial charge in [0.15, 0.2) is 0 Å². The number of nitrogens with zero attached hydrogens (tertiary/aromatic N) is 1. The Kier molecular flexibility index (Phi) is 4.42. The highest BCUT2D eigenvalue weighted by molar-refractivity contribution is 7.80. The zero-order chi connectivity index (χ0) is 13.9. The van der Waals surface area contributed by atoms with Crippen molar-refractivity contribution in [3.05, 3.63) is 29.8 Å². The van der Waals surface area contributed by atoms with Crippen molar-refractivity contribution in [2.45, 2.75) is 32.2 Å². The first kappa shape index (κ1) is 14.3. The monoisotopic (exact) mass is 278 g/mol. The van der Waals surface area contributed by atoms with Crippen molar-refractivity contribution in [3.63, 3.8) is 0 Å². The summed E-state index contributed by atoms with van der Waals surface area (Å²) in [5.41, 5.74) is 6.81. The molecule has 1 saturated heterocycles. The summed E-state index contributed by atoms with van der Waals surface area (Å²) in [6.45, 7) is 7.36. The van der Waals surface area contributed by atoms with E-state index in [1.54, 1.807) is 0 Å². The molecular weight excluding hydrogens is 256 g/mol. The summed E-state index contributed by atoms with van der Waals surface area (Å²) in [5.74, 6) is 0.784. The molecule has 0 aliphatic carbocycles. The second-order valence-corrected chi connectivity index (χ2v) is 6.05. The van der Waals surface area contributed by atoms with Crippen LogP contribution in [0.3, 0.4) is 0 Å². The van der Waals surface area contributed by atoms with Crippen LogP contribution >= 0.6 is 12.2 Å². The normalized spacial score (nSPS) is 18.4. The number of ether oxygens (including phenoxy) is 1. The second kappa shape index (κ2) is 5.88. The van der Waals surface area contributed by atoms with E-state index in [0.717, 1.165) is 24.4 Å². The molecule has 1 aromatic carbocycles. The lowest BCUT2D eigenvalue weighted by Crippen LogP contribution is -2.40. The van der Waals surface area contributed by atoms with Crippen molar-refractivity contribution in [1.82, 2.24) is 4.90 Å². The topological polar surface area (TPSA) is 38.5 Å². The second-order valence-electron chi connectivity index (χ2n) is 5.61. The lowest BCUT2D eigenvalue weighted by molar-refractivity contribution is 0.143. The van der Waals surface area contributed by atoms with E-state index in [1.807, 2.05) is 24.3 Å². The summed E-state index contributed by atoms with van der Waals surface area (Å²) < 4.78 is 5.84. The smallest absolute Gasteiger partial charge is 0.129 e. The van der Waals surface area contributed by atoms with Gasteiger partial charge in [-0.2, -0.15) is 0 Å². The molecular formula is C15H22N2OS. The fourth-order valence-electron chi connectivity index (χ4n) is 2.64. The first-order valence-corrected chi connectivity index (χ1v) is 7.18. The Balaban J connectivity index is 1.91. The summed E-state index contributed by atoms with van der Waals surface area (Å²) in [6, 6.07) is 7.68. The molecule has 0 bridgehead atoms. The molecule has 0 amide bonds. The maximum absolute atomic E-state index is 5.84. The van der Waals surface area contributed by atoms with Gasteiger partial charge < -0.3 is 10.5 Å². The summed E-state index contributed by atoms with van der Waals surface area (Å²) in [6.07, 6.45) is 2.53. The highest BCUT2D eigenvalue weighted by Gasteiger charge is 2.31. The van der Waals surface area contributed by atoms with Gasteiger partial charge in [-0.15, -0.1) is 0 Å². The molecule has 1 fully saturated rings. The van der Waals surface area contributed by atoms with Gasteiger partial charge in [0.2, 0.25) is 0 Å². The van der Waals surface area contributed by atoms with Gasteiger partial charge in [0.1, 0.15) is 17.3 Å². The van der Waals surface area contributed by atoms with E-state index < -0.39 is 0 Å². The van der Waals surface area contributed by atoms with Crippen LogP contribution in [0.5, 0.6) is 5.75 Å². The molecule has 4 heteroatoms. The van der Waals surface area contributed by atoms with Gasteiger partial charge in [-0.05, 0) is 45.4 Å². The fraction of sp³-hybridized carbons (Fsp3) is 0.533. The zero-order valence-corrected chi connectivity index (χ0v) is 12.5. The standard InChI is InChI=1S/C15H22N2OS/c1-15(2)8-5-9-17(15)10-11-18-13-7-4-3-6-12(13)14(16)19/h3-4,6-7H,5,8-11H2,1-2H3,(H2,16,19). The number of nitrogens with two attached hydrogens (primary N) is 1. The highest BCUT2D eigenvalue weighted by atomic mass is 32.1. The Hall–Kier alpha value is -1.13. The molecule has 19 heavy (non-hydrogen) atoms. The van der Waals surface area contributed by atoms with E-state index in [2.05, 4.69) is 18.7 Å². The summed E-state index contributed by atoms with van der Waals surface area (Å²) >= 11 is 5.03. The molecule has 0 radical (unpaired) electrons. The van der Waals surface area contributed by atoms with Crippen LogP contribution in [0.1, 0.15) is 32.3 Å². The van der Waals surface area contributed by atoms with Crippen LogP contribution in [0, 0.1) is 0 Å². The molecule has 2 N–H and O–H groups in total. The van der Waals surface area contributed by atoms with Gasteiger partial charge in [0.05, 0.1) is 5.56 Å². The third-order valence-electron chi connectivity index (χ3n) is 3.84. The first-order valence-electron chi connectivity index (χ1n) is 6.77. The molecule has 104 valence electrons. The molecule has 0 unspecified atom stereocenters. The van der Waals surface area contributed by atoms with E-state index in [9.17, 15) is 0 Å². The third kappa shape index (κ3) is 3.45. The number of likely N-dealkylation sites (tertiary alicyclic amines) is 1. The lowest BCUT2D eigenvalue weighted by atomic mass is 10.0. The van der Waals surface area contributed by atoms with Crippen molar-refractivity contribution in [2.75, 3.05) is 19.7 Å². The van der Waals surface area contributed by atoms with E-state index in [1.165, 1.54) is 12.8 Å². The molecule has 1 aliphatic rings. The molecule has 1 aliphatic heterocycles. The molecule has 1 heterocycles. The van der Waals surface area contributed by atoms with Crippen LogP contribution in [-0.2, 0) is 0 Å². The van der Waals surface area contributed by atoms with Crippen LogP contribution in [-0.4, -0.2) is 35.1 Å². The van der Waals surface area contributed by atoms with E-state index in [4.69, 9.17) is 22.7 Å². The number of thiocarbonyl (C=S) groups is 1. The van der Waals surface area contributed by atoms with Crippen molar-refractivity contribution in [3.8, 4) is 5.75 Å². The predicted molar refractivity (Wildman–Crippen MR) is 82.7 cm³/mol. The first-order chi connectivity index (χ1) is 9.00. The van der Waals surface area contributed by atoms with Gasteiger partial charge in [0.25, 0.3) is 0 Å². The van der Waals surface area contributed by atoms with Crippen molar-refractivity contribution in [1.29, 1.82) is 0 Å². The Morgan fingerprint density at radius 1 is 1.42 bits per heavy atom. The molecule has 2 rings (SSSR count). The highest BCUT2D eigenvalue weighted by Crippen LogP contribution is 2.27. The van der Waals surface area contributed by atoms with Gasteiger partial charge in [-0.3, -0.25) is 4.90 Å². The van der Waals surface area contributed by atoms with Gasteiger partial charge in [-0.25, -0.2) is 0 Å². The van der Waals surface area contributed by atoms with Crippen LogP contribution in [0.25, 0.3) is 0 Å². The van der Waals surface area contributed by atoms with Gasteiger partial charge in [0, 0.05) is 12.1 Å². The molecule has 0 spiro atoms. The van der Waals surface area contributed by atoms with Crippen molar-refractivity contribution < 1.29 is 4.74 Å². The average Bonchev–Trinajstić information content (AvgIpc) is 2.69. The molecule has 0 aromatic heterocycles. The minimum Gasteiger partial charge on any atom is -0.492 e. The number of benzene rings is 1. The maximum atomic E-state index is 5.84. The third-order valence-corrected chi connectivity index (χ3v) is 4.06. The van der Waals surface area contributed by atoms with Crippen molar-refractivity contribution in [2.24, 2.45) is 5.73 Å². The molecule has 3 nitrogen and oxygen atoms in total. The lowest BCUT2D eigenvalue weighted by Gasteiger charge is -2.31. The number of para-hydroxylation sites is 1. The Morgan fingerprint density at radius 2 is 2.16 bits per heavy atom. The average molecular weight is 278 g/mol. The molecule has 0 atom stereocenters. The minimum atomic E-state index is 0.298. The van der Waals surface area contributed by atoms with E-state index in [-0.39, 0.29) is 0 Å². The number of hydrogen-bond donors (Lipinski definition) is 1. The Morgan fingerprint density at radius 3 is 2.79 bits per heavy atom. The SMILES string of the molecule is CC1(C)CCCN1CCOc1ccccc1C(N)=S. The Bertz CT molecular complexity index is 459. The maximum Gasteiger partial charge on any atom is 0.129 e. The van der Waals surface area contributed by atoms with Gasteiger partial charge in [-0.1, -0.05) is 24.4 Å². The van der Waals surface area contributed by atoms with Gasteiger partial charge >= 0.3 is 0 Å². The largest absolute Gasteiger partial charge is 0.492 e. The van der Waals surface area contributed by atoms with E-state index >= 15 is 0 Å². The minimum absolute atomic E-state index is 0.298.